The minimum absolute atomic E-state index is 0.168. The van der Waals surface area contributed by atoms with Gasteiger partial charge in [0.15, 0.2) is 0 Å². The minimum Gasteiger partial charge on any atom is -0.496 e. The summed E-state index contributed by atoms with van der Waals surface area (Å²) in [6, 6.07) is 12.4. The van der Waals surface area contributed by atoms with Crippen LogP contribution in [0.5, 0.6) is 11.5 Å². The van der Waals surface area contributed by atoms with E-state index in [1.54, 1.807) is 25.3 Å². The number of hydrogen-bond acceptors (Lipinski definition) is 7. The Balaban J connectivity index is 1.55. The van der Waals surface area contributed by atoms with Gasteiger partial charge in [0.25, 0.3) is 5.89 Å². The lowest BCUT2D eigenvalue weighted by Gasteiger charge is -2.30. The van der Waals surface area contributed by atoms with Gasteiger partial charge in [0, 0.05) is 13.1 Å². The smallest absolute Gasteiger partial charge is 0.251 e. The molecule has 9 heteroatoms. The number of rotatable bonds is 7. The van der Waals surface area contributed by atoms with E-state index in [4.69, 9.17) is 13.9 Å². The summed E-state index contributed by atoms with van der Waals surface area (Å²) in [6.07, 6.45) is 1.49. The van der Waals surface area contributed by atoms with E-state index in [9.17, 15) is 8.42 Å². The summed E-state index contributed by atoms with van der Waals surface area (Å²) < 4.78 is 44.9. The molecule has 170 valence electrons. The lowest BCUT2D eigenvalue weighted by molar-refractivity contribution is 0.286. The molecule has 1 aliphatic rings. The van der Waals surface area contributed by atoms with Crippen molar-refractivity contribution in [3.8, 4) is 23.0 Å². The average Bonchev–Trinajstić information content (AvgIpc) is 3.31. The Bertz CT molecular complexity index is 1190. The number of aryl methyl sites for hydroxylation is 1. The Morgan fingerprint density at radius 2 is 1.97 bits per heavy atom. The molecule has 0 aliphatic carbocycles. The molecular weight excluding hydrogens is 430 g/mol. The van der Waals surface area contributed by atoms with Gasteiger partial charge < -0.3 is 13.9 Å². The molecule has 0 unspecified atom stereocenters. The van der Waals surface area contributed by atoms with Crippen LogP contribution in [0.1, 0.15) is 37.1 Å². The van der Waals surface area contributed by atoms with E-state index in [-0.39, 0.29) is 10.8 Å². The van der Waals surface area contributed by atoms with Gasteiger partial charge in [0.2, 0.25) is 15.9 Å². The second kappa shape index (κ2) is 9.30. The molecule has 0 amide bonds. The van der Waals surface area contributed by atoms with E-state index < -0.39 is 10.0 Å². The molecular formula is C23H27N3O5S. The average molecular weight is 458 g/mol. The third-order valence-corrected chi connectivity index (χ3v) is 7.46. The first-order chi connectivity index (χ1) is 15.4. The number of hydrogen-bond donors (Lipinski definition) is 0. The highest BCUT2D eigenvalue weighted by Gasteiger charge is 2.33. The van der Waals surface area contributed by atoms with E-state index in [1.165, 1.54) is 4.31 Å². The molecule has 1 aliphatic heterocycles. The second-order valence-electron chi connectivity index (χ2n) is 7.71. The molecule has 1 atom stereocenters. The van der Waals surface area contributed by atoms with Crippen LogP contribution in [0, 0.1) is 6.92 Å². The molecule has 8 nitrogen and oxygen atoms in total. The second-order valence-corrected chi connectivity index (χ2v) is 9.65. The van der Waals surface area contributed by atoms with Gasteiger partial charge in [-0.1, -0.05) is 12.1 Å². The molecule has 1 saturated heterocycles. The van der Waals surface area contributed by atoms with E-state index >= 15 is 0 Å². The third-order valence-electron chi connectivity index (χ3n) is 5.60. The number of para-hydroxylation sites is 1. The van der Waals surface area contributed by atoms with Crippen molar-refractivity contribution in [1.82, 2.24) is 14.5 Å². The van der Waals surface area contributed by atoms with Crippen LogP contribution in [0.4, 0.5) is 0 Å². The van der Waals surface area contributed by atoms with Crippen LogP contribution < -0.4 is 9.47 Å². The molecule has 0 N–H and O–H groups in total. The van der Waals surface area contributed by atoms with Crippen molar-refractivity contribution < 1.29 is 22.3 Å². The van der Waals surface area contributed by atoms with Crippen molar-refractivity contribution in [3.05, 3.63) is 53.9 Å². The molecule has 32 heavy (non-hydrogen) atoms. The molecule has 0 saturated carbocycles. The molecule has 1 aromatic heterocycles. The monoisotopic (exact) mass is 457 g/mol. The zero-order valence-corrected chi connectivity index (χ0v) is 19.3. The standard InChI is InChI=1S/C23H27N3O5S/c1-4-30-20-12-11-18(14-16(20)2)32(27,28)26-13-7-8-17(15-26)22-24-25-23(31-22)19-9-5-6-10-21(19)29-3/h5-6,9-12,14,17H,4,7-8,13,15H2,1-3H3/t17-/m0/s1. The first kappa shape index (κ1) is 22.3. The number of methoxy groups -OCH3 is 1. The Labute approximate surface area is 188 Å². The predicted octanol–water partition coefficient (Wildman–Crippen LogP) is 4.02. The van der Waals surface area contributed by atoms with Crippen LogP contribution in [0.25, 0.3) is 11.5 Å². The van der Waals surface area contributed by atoms with Gasteiger partial charge in [-0.2, -0.15) is 4.31 Å². The van der Waals surface area contributed by atoms with Crippen LogP contribution in [-0.2, 0) is 10.0 Å². The van der Waals surface area contributed by atoms with E-state index in [1.807, 2.05) is 38.1 Å². The highest BCUT2D eigenvalue weighted by Crippen LogP contribution is 2.34. The van der Waals surface area contributed by atoms with Crippen LogP contribution in [0.2, 0.25) is 0 Å². The summed E-state index contributed by atoms with van der Waals surface area (Å²) in [4.78, 5) is 0.263. The highest BCUT2D eigenvalue weighted by molar-refractivity contribution is 7.89. The van der Waals surface area contributed by atoms with Gasteiger partial charge in [-0.05, 0) is 62.6 Å². The predicted molar refractivity (Wildman–Crippen MR) is 119 cm³/mol. The fourth-order valence-electron chi connectivity index (χ4n) is 3.94. The Kier molecular flexibility index (Phi) is 6.48. The maximum absolute atomic E-state index is 13.3. The van der Waals surface area contributed by atoms with Gasteiger partial charge in [-0.25, -0.2) is 8.42 Å². The highest BCUT2D eigenvalue weighted by atomic mass is 32.2. The maximum Gasteiger partial charge on any atom is 0.251 e. The fourth-order valence-corrected chi connectivity index (χ4v) is 5.55. The molecule has 1 fully saturated rings. The number of benzene rings is 2. The molecule has 0 radical (unpaired) electrons. The van der Waals surface area contributed by atoms with Crippen molar-refractivity contribution in [2.24, 2.45) is 0 Å². The van der Waals surface area contributed by atoms with E-state index in [0.717, 1.165) is 12.0 Å². The first-order valence-electron chi connectivity index (χ1n) is 10.6. The summed E-state index contributed by atoms with van der Waals surface area (Å²) in [5.41, 5.74) is 1.50. The Morgan fingerprint density at radius 1 is 1.16 bits per heavy atom. The largest absolute Gasteiger partial charge is 0.496 e. The van der Waals surface area contributed by atoms with E-state index in [0.29, 0.717) is 55.0 Å². The van der Waals surface area contributed by atoms with Crippen molar-refractivity contribution >= 4 is 10.0 Å². The van der Waals surface area contributed by atoms with Gasteiger partial charge in [0.1, 0.15) is 11.5 Å². The fraction of sp³-hybridized carbons (Fsp3) is 0.391. The number of piperidine rings is 1. The number of sulfonamides is 1. The van der Waals surface area contributed by atoms with Crippen molar-refractivity contribution in [3.63, 3.8) is 0 Å². The summed E-state index contributed by atoms with van der Waals surface area (Å²) in [5, 5.41) is 8.39. The zero-order valence-electron chi connectivity index (χ0n) is 18.4. The molecule has 0 spiro atoms. The van der Waals surface area contributed by atoms with Crippen molar-refractivity contribution in [1.29, 1.82) is 0 Å². The van der Waals surface area contributed by atoms with Gasteiger partial charge in [-0.15, -0.1) is 10.2 Å². The van der Waals surface area contributed by atoms with Crippen LogP contribution in [0.15, 0.2) is 51.8 Å². The lowest BCUT2D eigenvalue weighted by atomic mass is 10.00. The molecule has 4 rings (SSSR count). The Morgan fingerprint density at radius 3 is 2.72 bits per heavy atom. The van der Waals surface area contributed by atoms with Crippen molar-refractivity contribution in [2.45, 2.75) is 37.5 Å². The minimum atomic E-state index is -3.65. The first-order valence-corrected chi connectivity index (χ1v) is 12.1. The van der Waals surface area contributed by atoms with Gasteiger partial charge in [0.05, 0.1) is 30.1 Å². The zero-order chi connectivity index (χ0) is 22.7. The molecule has 2 aromatic carbocycles. The molecule has 0 bridgehead atoms. The summed E-state index contributed by atoms with van der Waals surface area (Å²) in [5.74, 6) is 1.96. The third kappa shape index (κ3) is 4.35. The van der Waals surface area contributed by atoms with Crippen LogP contribution >= 0.6 is 0 Å². The van der Waals surface area contributed by atoms with E-state index in [2.05, 4.69) is 10.2 Å². The van der Waals surface area contributed by atoms with Gasteiger partial charge >= 0.3 is 0 Å². The Hall–Kier alpha value is -2.91. The summed E-state index contributed by atoms with van der Waals surface area (Å²) in [6.45, 7) is 5.03. The lowest BCUT2D eigenvalue weighted by Crippen LogP contribution is -2.39. The molecule has 2 heterocycles. The normalized spacial score (nSPS) is 17.3. The SMILES string of the molecule is CCOc1ccc(S(=O)(=O)N2CCC[C@H](c3nnc(-c4ccccc4OC)o3)C2)cc1C. The maximum atomic E-state index is 13.3. The van der Waals surface area contributed by atoms with Crippen LogP contribution in [-0.4, -0.2) is 49.7 Å². The summed E-state index contributed by atoms with van der Waals surface area (Å²) in [7, 11) is -2.06. The quantitative estimate of drug-likeness (QED) is 0.529. The molecule has 3 aromatic rings. The topological polar surface area (TPSA) is 94.8 Å². The number of ether oxygens (including phenoxy) is 2. The number of aromatic nitrogens is 2. The van der Waals surface area contributed by atoms with Gasteiger partial charge in [-0.3, -0.25) is 0 Å². The van der Waals surface area contributed by atoms with Crippen LogP contribution in [0.3, 0.4) is 0 Å². The number of nitrogens with zero attached hydrogens (tertiary/aromatic N) is 3. The summed E-state index contributed by atoms with van der Waals surface area (Å²) >= 11 is 0. The van der Waals surface area contributed by atoms with Crippen molar-refractivity contribution in [2.75, 3.05) is 26.8 Å².